The van der Waals surface area contributed by atoms with Crippen LogP contribution in [0.5, 0.6) is 0 Å². The van der Waals surface area contributed by atoms with Crippen LogP contribution in [-0.2, 0) is 9.53 Å². The van der Waals surface area contributed by atoms with E-state index < -0.39 is 23.6 Å². The smallest absolute Gasteiger partial charge is 0.330 e. The summed E-state index contributed by atoms with van der Waals surface area (Å²) in [5, 5.41) is 0. The molecule has 0 saturated heterocycles. The zero-order chi connectivity index (χ0) is 12.6. The molecule has 2 heterocycles. The number of rotatable bonds is 1. The van der Waals surface area contributed by atoms with E-state index in [1.807, 2.05) is 0 Å². The van der Waals surface area contributed by atoms with Crippen molar-refractivity contribution in [1.82, 2.24) is 9.55 Å². The second-order valence-corrected chi connectivity index (χ2v) is 3.91. The van der Waals surface area contributed by atoms with Gasteiger partial charge in [0.25, 0.3) is 5.56 Å². The van der Waals surface area contributed by atoms with Crippen molar-refractivity contribution in [3.05, 3.63) is 44.8 Å². The van der Waals surface area contributed by atoms with E-state index in [4.69, 9.17) is 4.74 Å². The monoisotopic (exact) mass is 236 g/mol. The van der Waals surface area contributed by atoms with Gasteiger partial charge in [-0.1, -0.05) is 0 Å². The van der Waals surface area contributed by atoms with Gasteiger partial charge in [-0.2, -0.15) is 0 Å². The van der Waals surface area contributed by atoms with Crippen molar-refractivity contribution in [2.45, 2.75) is 26.2 Å². The number of H-pyrrole nitrogens is 1. The highest BCUT2D eigenvalue weighted by Gasteiger charge is 2.22. The lowest BCUT2D eigenvalue weighted by molar-refractivity contribution is -0.131. The molecule has 0 fully saturated rings. The Bertz CT molecular complexity index is 596. The topological polar surface area (TPSA) is 81.2 Å². The Morgan fingerprint density at radius 2 is 2.06 bits per heavy atom. The third kappa shape index (κ3) is 2.12. The molecule has 0 saturated carbocycles. The maximum absolute atomic E-state index is 11.6. The summed E-state index contributed by atoms with van der Waals surface area (Å²) in [6.45, 7) is 3.21. The zero-order valence-corrected chi connectivity index (χ0v) is 9.47. The van der Waals surface area contributed by atoms with Gasteiger partial charge in [0.05, 0.1) is 0 Å². The number of aryl methyl sites for hydroxylation is 1. The number of hydrogen-bond donors (Lipinski definition) is 1. The van der Waals surface area contributed by atoms with E-state index in [0.29, 0.717) is 5.56 Å². The lowest BCUT2D eigenvalue weighted by Crippen LogP contribution is -2.37. The van der Waals surface area contributed by atoms with Crippen molar-refractivity contribution < 1.29 is 9.53 Å². The standard InChI is InChI=1S/C11H12N2O4/c1-6-5-13(11(16)12-10(6)15)9-4-3-8(14)7(2)17-9/h3-5,7,9H,1-2H3,(H,12,15,16)/t7-,9?/m1/s1. The Morgan fingerprint density at radius 3 is 2.71 bits per heavy atom. The normalized spacial score (nSPS) is 24.0. The molecule has 0 spiro atoms. The zero-order valence-electron chi connectivity index (χ0n) is 9.47. The molecular weight excluding hydrogens is 224 g/mol. The highest BCUT2D eigenvalue weighted by atomic mass is 16.5. The van der Waals surface area contributed by atoms with Gasteiger partial charge in [0.15, 0.2) is 12.0 Å². The molecule has 90 valence electrons. The molecule has 0 aliphatic carbocycles. The van der Waals surface area contributed by atoms with Crippen LogP contribution < -0.4 is 11.2 Å². The molecule has 2 atom stereocenters. The van der Waals surface area contributed by atoms with E-state index >= 15 is 0 Å². The minimum atomic E-state index is -0.661. The first-order valence-electron chi connectivity index (χ1n) is 5.18. The first-order valence-corrected chi connectivity index (χ1v) is 5.18. The van der Waals surface area contributed by atoms with Crippen molar-refractivity contribution >= 4 is 5.78 Å². The fourth-order valence-corrected chi connectivity index (χ4v) is 1.57. The van der Waals surface area contributed by atoms with Gasteiger partial charge >= 0.3 is 5.69 Å². The molecule has 1 unspecified atom stereocenters. The molecule has 6 heteroatoms. The van der Waals surface area contributed by atoms with E-state index in [-0.39, 0.29) is 5.78 Å². The van der Waals surface area contributed by atoms with Gasteiger partial charge in [0.2, 0.25) is 0 Å². The summed E-state index contributed by atoms with van der Waals surface area (Å²) in [4.78, 5) is 36.2. The van der Waals surface area contributed by atoms with Crippen LogP contribution in [-0.4, -0.2) is 21.4 Å². The van der Waals surface area contributed by atoms with Crippen LogP contribution in [0.2, 0.25) is 0 Å². The van der Waals surface area contributed by atoms with Gasteiger partial charge in [-0.15, -0.1) is 0 Å². The van der Waals surface area contributed by atoms with Crippen molar-refractivity contribution in [2.24, 2.45) is 0 Å². The molecule has 1 aliphatic rings. The van der Waals surface area contributed by atoms with Gasteiger partial charge in [-0.3, -0.25) is 19.1 Å². The molecule has 0 aromatic carbocycles. The number of aromatic nitrogens is 2. The molecule has 1 aromatic rings. The number of ketones is 1. The summed E-state index contributed by atoms with van der Waals surface area (Å²) in [7, 11) is 0. The SMILES string of the molecule is Cc1cn(C2C=CC(=O)[C@@H](C)O2)c(=O)[nH]c1=O. The number of nitrogens with zero attached hydrogens (tertiary/aromatic N) is 1. The quantitative estimate of drug-likeness (QED) is 0.737. The molecule has 1 aromatic heterocycles. The van der Waals surface area contributed by atoms with Gasteiger partial charge in [0.1, 0.15) is 6.10 Å². The Morgan fingerprint density at radius 1 is 1.35 bits per heavy atom. The van der Waals surface area contributed by atoms with Crippen LogP contribution >= 0.6 is 0 Å². The lowest BCUT2D eigenvalue weighted by Gasteiger charge is -2.23. The molecule has 0 radical (unpaired) electrons. The lowest BCUT2D eigenvalue weighted by atomic mass is 10.2. The predicted octanol–water partition coefficient (Wildman–Crippen LogP) is -0.112. The number of nitrogens with one attached hydrogen (secondary N) is 1. The molecule has 1 N–H and O–H groups in total. The van der Waals surface area contributed by atoms with Gasteiger partial charge in [0, 0.05) is 11.8 Å². The van der Waals surface area contributed by atoms with Crippen LogP contribution in [0.25, 0.3) is 0 Å². The van der Waals surface area contributed by atoms with Crippen molar-refractivity contribution in [2.75, 3.05) is 0 Å². The molecule has 1 aliphatic heterocycles. The fraction of sp³-hybridized carbons (Fsp3) is 0.364. The maximum Gasteiger partial charge on any atom is 0.330 e. The van der Waals surface area contributed by atoms with Crippen molar-refractivity contribution in [3.8, 4) is 0 Å². The minimum absolute atomic E-state index is 0.143. The third-order valence-electron chi connectivity index (χ3n) is 2.59. The molecule has 17 heavy (non-hydrogen) atoms. The average Bonchev–Trinajstić information content (AvgIpc) is 2.27. The largest absolute Gasteiger partial charge is 0.343 e. The Hall–Kier alpha value is -1.95. The number of carbonyl (C=O) groups excluding carboxylic acids is 1. The van der Waals surface area contributed by atoms with Gasteiger partial charge < -0.3 is 4.74 Å². The second-order valence-electron chi connectivity index (χ2n) is 3.91. The summed E-state index contributed by atoms with van der Waals surface area (Å²) in [5.41, 5.74) is -0.571. The Kier molecular flexibility index (Phi) is 2.81. The van der Waals surface area contributed by atoms with Crippen LogP contribution in [0.3, 0.4) is 0 Å². The first kappa shape index (κ1) is 11.5. The maximum atomic E-state index is 11.6. The highest BCUT2D eigenvalue weighted by Crippen LogP contribution is 2.16. The first-order chi connectivity index (χ1) is 7.99. The number of ether oxygens (including phenoxy) is 1. The predicted molar refractivity (Wildman–Crippen MR) is 59.8 cm³/mol. The van der Waals surface area contributed by atoms with Gasteiger partial charge in [-0.05, 0) is 26.0 Å². The van der Waals surface area contributed by atoms with Crippen molar-refractivity contribution in [1.29, 1.82) is 0 Å². The summed E-state index contributed by atoms with van der Waals surface area (Å²) in [6.07, 6.45) is 3.03. The van der Waals surface area contributed by atoms with Crippen molar-refractivity contribution in [3.63, 3.8) is 0 Å². The average molecular weight is 236 g/mol. The van der Waals surface area contributed by atoms with E-state index in [1.165, 1.54) is 22.9 Å². The molecular formula is C11H12N2O4. The fourth-order valence-electron chi connectivity index (χ4n) is 1.57. The molecule has 6 nitrogen and oxygen atoms in total. The Balaban J connectivity index is 2.46. The van der Waals surface area contributed by atoms with Crippen LogP contribution in [0.4, 0.5) is 0 Å². The molecule has 0 amide bonds. The Labute approximate surface area is 96.5 Å². The van der Waals surface area contributed by atoms with E-state index in [1.54, 1.807) is 13.8 Å². The van der Waals surface area contributed by atoms with E-state index in [2.05, 4.69) is 4.98 Å². The third-order valence-corrected chi connectivity index (χ3v) is 2.59. The summed E-state index contributed by atoms with van der Waals surface area (Å²) in [6, 6.07) is 0. The number of aromatic amines is 1. The van der Waals surface area contributed by atoms with Crippen LogP contribution in [0, 0.1) is 6.92 Å². The summed E-state index contributed by atoms with van der Waals surface area (Å²) in [5.74, 6) is -0.143. The van der Waals surface area contributed by atoms with Crippen LogP contribution in [0.15, 0.2) is 27.9 Å². The van der Waals surface area contributed by atoms with Gasteiger partial charge in [-0.25, -0.2) is 4.79 Å². The minimum Gasteiger partial charge on any atom is -0.343 e. The van der Waals surface area contributed by atoms with Crippen LogP contribution in [0.1, 0.15) is 18.7 Å². The summed E-state index contributed by atoms with van der Waals surface area (Å²) >= 11 is 0. The molecule has 2 rings (SSSR count). The molecule has 0 bridgehead atoms. The summed E-state index contributed by atoms with van der Waals surface area (Å²) < 4.78 is 6.61. The van der Waals surface area contributed by atoms with E-state index in [9.17, 15) is 14.4 Å². The number of hydrogen-bond acceptors (Lipinski definition) is 4. The number of carbonyl (C=O) groups is 1. The second kappa shape index (κ2) is 4.14. The highest BCUT2D eigenvalue weighted by molar-refractivity contribution is 5.93. The van der Waals surface area contributed by atoms with E-state index in [0.717, 1.165) is 0 Å².